The Morgan fingerprint density at radius 3 is 2.58 bits per heavy atom. The summed E-state index contributed by atoms with van der Waals surface area (Å²) in [4.78, 5) is 14.5. The minimum atomic E-state index is -0.617. The van der Waals surface area contributed by atoms with Crippen molar-refractivity contribution in [2.45, 2.75) is 19.1 Å². The second kappa shape index (κ2) is 7.25. The molecule has 1 amide bonds. The summed E-state index contributed by atoms with van der Waals surface area (Å²) >= 11 is 0. The molecule has 0 fully saturated rings. The van der Waals surface area contributed by atoms with Gasteiger partial charge in [-0.15, -0.1) is 0 Å². The number of nitrogens with one attached hydrogen (secondary N) is 1. The zero-order chi connectivity index (χ0) is 16.9. The predicted octanol–water partition coefficient (Wildman–Crippen LogP) is 2.47. The third-order valence-electron chi connectivity index (χ3n) is 4.20. The lowest BCUT2D eigenvalue weighted by Gasteiger charge is -2.29. The molecule has 0 spiro atoms. The molecule has 0 bridgehead atoms. The van der Waals surface area contributed by atoms with Gasteiger partial charge in [-0.05, 0) is 31.2 Å². The quantitative estimate of drug-likeness (QED) is 0.917. The highest BCUT2D eigenvalue weighted by Gasteiger charge is 2.27. The second-order valence-electron chi connectivity index (χ2n) is 5.90. The van der Waals surface area contributed by atoms with Gasteiger partial charge in [-0.25, -0.2) is 0 Å². The van der Waals surface area contributed by atoms with Crippen LogP contribution in [0.25, 0.3) is 0 Å². The average molecular weight is 326 g/mol. The Hall–Kier alpha value is -2.69. The van der Waals surface area contributed by atoms with Crippen molar-refractivity contribution in [2.75, 3.05) is 25.1 Å². The fraction of sp³-hybridized carbons (Fsp3) is 0.316. The number of fused-ring (bicyclic) bond motifs is 1. The summed E-state index contributed by atoms with van der Waals surface area (Å²) in [6.45, 7) is 2.83. The van der Waals surface area contributed by atoms with E-state index in [-0.39, 0.29) is 18.6 Å². The summed E-state index contributed by atoms with van der Waals surface area (Å²) in [5.41, 5.74) is 1.12. The van der Waals surface area contributed by atoms with Crippen LogP contribution in [0.15, 0.2) is 54.6 Å². The largest absolute Gasteiger partial charge is 0.485 e. The number of amides is 1. The predicted molar refractivity (Wildman–Crippen MR) is 93.7 cm³/mol. The summed E-state index contributed by atoms with van der Waals surface area (Å²) in [7, 11) is 2.02. The molecule has 0 saturated carbocycles. The van der Waals surface area contributed by atoms with Gasteiger partial charge in [-0.2, -0.15) is 0 Å². The van der Waals surface area contributed by atoms with Crippen molar-refractivity contribution < 1.29 is 14.3 Å². The molecule has 2 aromatic rings. The maximum atomic E-state index is 12.3. The molecule has 1 N–H and O–H groups in total. The lowest BCUT2D eigenvalue weighted by Crippen LogP contribution is -2.48. The maximum Gasteiger partial charge on any atom is 0.264 e. The van der Waals surface area contributed by atoms with Crippen molar-refractivity contribution in [3.8, 4) is 11.5 Å². The van der Waals surface area contributed by atoms with E-state index in [0.29, 0.717) is 18.0 Å². The van der Waals surface area contributed by atoms with E-state index in [9.17, 15) is 4.79 Å². The summed E-state index contributed by atoms with van der Waals surface area (Å²) < 4.78 is 11.3. The lowest BCUT2D eigenvalue weighted by atomic mass is 10.2. The first-order chi connectivity index (χ1) is 11.6. The fourth-order valence-corrected chi connectivity index (χ4v) is 2.57. The molecular formula is C19H22N2O3. The van der Waals surface area contributed by atoms with Crippen LogP contribution in [0, 0.1) is 0 Å². The number of anilines is 1. The van der Waals surface area contributed by atoms with Gasteiger partial charge < -0.3 is 19.7 Å². The van der Waals surface area contributed by atoms with Gasteiger partial charge in [-0.1, -0.05) is 30.3 Å². The van der Waals surface area contributed by atoms with E-state index in [0.717, 1.165) is 5.69 Å². The summed E-state index contributed by atoms with van der Waals surface area (Å²) in [5.74, 6) is 1.13. The molecule has 3 rings (SSSR count). The number of likely N-dealkylation sites (N-methyl/N-ethyl adjacent to an activating group) is 1. The van der Waals surface area contributed by atoms with E-state index in [1.54, 1.807) is 6.07 Å². The molecule has 2 atom stereocenters. The van der Waals surface area contributed by atoms with Gasteiger partial charge in [0.2, 0.25) is 6.10 Å². The molecule has 1 aliphatic rings. The van der Waals surface area contributed by atoms with Gasteiger partial charge in [0.1, 0.15) is 6.61 Å². The van der Waals surface area contributed by atoms with Gasteiger partial charge in [0.15, 0.2) is 11.5 Å². The van der Waals surface area contributed by atoms with Crippen LogP contribution in [-0.2, 0) is 4.79 Å². The Morgan fingerprint density at radius 1 is 1.17 bits per heavy atom. The third-order valence-corrected chi connectivity index (χ3v) is 4.20. The molecule has 0 radical (unpaired) electrons. The summed E-state index contributed by atoms with van der Waals surface area (Å²) in [6.07, 6.45) is -0.617. The highest BCUT2D eigenvalue weighted by Crippen LogP contribution is 2.30. The number of hydrogen-bond donors (Lipinski definition) is 1. The maximum absolute atomic E-state index is 12.3. The van der Waals surface area contributed by atoms with Gasteiger partial charge in [0.25, 0.3) is 5.91 Å². The van der Waals surface area contributed by atoms with Crippen LogP contribution in [0.2, 0.25) is 0 Å². The summed E-state index contributed by atoms with van der Waals surface area (Å²) in [6, 6.07) is 17.6. The van der Waals surface area contributed by atoms with Crippen LogP contribution < -0.4 is 19.7 Å². The molecule has 0 unspecified atom stereocenters. The monoisotopic (exact) mass is 326 g/mol. The SMILES string of the molecule is C[C@H](CNC(=O)[C@H]1COc2ccccc2O1)N(C)c1ccccc1. The highest BCUT2D eigenvalue weighted by molar-refractivity contribution is 5.81. The van der Waals surface area contributed by atoms with E-state index in [2.05, 4.69) is 17.1 Å². The van der Waals surface area contributed by atoms with E-state index in [4.69, 9.17) is 9.47 Å². The number of nitrogens with zero attached hydrogens (tertiary/aromatic N) is 1. The molecule has 24 heavy (non-hydrogen) atoms. The van der Waals surface area contributed by atoms with Gasteiger partial charge >= 0.3 is 0 Å². The topological polar surface area (TPSA) is 50.8 Å². The molecule has 1 heterocycles. The number of rotatable bonds is 5. The van der Waals surface area contributed by atoms with Crippen molar-refractivity contribution >= 4 is 11.6 Å². The Kier molecular flexibility index (Phi) is 4.89. The summed E-state index contributed by atoms with van der Waals surface area (Å²) in [5, 5.41) is 2.95. The molecular weight excluding hydrogens is 304 g/mol. The van der Waals surface area contributed by atoms with Gasteiger partial charge in [0, 0.05) is 25.3 Å². The zero-order valence-electron chi connectivity index (χ0n) is 13.9. The Balaban J connectivity index is 1.53. The van der Waals surface area contributed by atoms with Crippen molar-refractivity contribution in [3.05, 3.63) is 54.6 Å². The number of hydrogen-bond acceptors (Lipinski definition) is 4. The first-order valence-corrected chi connectivity index (χ1v) is 8.09. The molecule has 0 aliphatic carbocycles. The lowest BCUT2D eigenvalue weighted by molar-refractivity contribution is -0.130. The van der Waals surface area contributed by atoms with E-state index < -0.39 is 6.10 Å². The highest BCUT2D eigenvalue weighted by atomic mass is 16.6. The molecule has 2 aromatic carbocycles. The fourth-order valence-electron chi connectivity index (χ4n) is 2.57. The second-order valence-corrected chi connectivity index (χ2v) is 5.90. The number of para-hydroxylation sites is 3. The van der Waals surface area contributed by atoms with Crippen LogP contribution in [0.1, 0.15) is 6.92 Å². The third kappa shape index (κ3) is 3.62. The van der Waals surface area contributed by atoms with Crippen molar-refractivity contribution in [2.24, 2.45) is 0 Å². The standard InChI is InChI=1S/C19H22N2O3/c1-14(21(2)15-8-4-3-5-9-15)12-20-19(22)18-13-23-16-10-6-7-11-17(16)24-18/h3-11,14,18H,12-13H2,1-2H3,(H,20,22)/t14-,18-/m1/s1. The van der Waals surface area contributed by atoms with Crippen LogP contribution in [-0.4, -0.2) is 38.3 Å². The molecule has 126 valence electrons. The van der Waals surface area contributed by atoms with Crippen molar-refractivity contribution in [1.29, 1.82) is 0 Å². The van der Waals surface area contributed by atoms with Crippen LogP contribution >= 0.6 is 0 Å². The van der Waals surface area contributed by atoms with Crippen LogP contribution in [0.3, 0.4) is 0 Å². The molecule has 0 aromatic heterocycles. The molecule has 1 aliphatic heterocycles. The van der Waals surface area contributed by atoms with Gasteiger partial charge in [-0.3, -0.25) is 4.79 Å². The first kappa shape index (κ1) is 16.2. The minimum Gasteiger partial charge on any atom is -0.485 e. The van der Waals surface area contributed by atoms with Crippen LogP contribution in [0.5, 0.6) is 11.5 Å². The van der Waals surface area contributed by atoms with Crippen LogP contribution in [0.4, 0.5) is 5.69 Å². The number of benzene rings is 2. The Labute approximate surface area is 142 Å². The molecule has 5 heteroatoms. The van der Waals surface area contributed by atoms with Crippen molar-refractivity contribution in [3.63, 3.8) is 0 Å². The zero-order valence-corrected chi connectivity index (χ0v) is 13.9. The van der Waals surface area contributed by atoms with E-state index >= 15 is 0 Å². The number of carbonyl (C=O) groups excluding carboxylic acids is 1. The Bertz CT molecular complexity index is 690. The first-order valence-electron chi connectivity index (χ1n) is 8.09. The van der Waals surface area contributed by atoms with E-state index in [1.807, 2.05) is 55.6 Å². The smallest absolute Gasteiger partial charge is 0.264 e. The Morgan fingerprint density at radius 2 is 1.83 bits per heavy atom. The van der Waals surface area contributed by atoms with E-state index in [1.165, 1.54) is 0 Å². The minimum absolute atomic E-state index is 0.155. The van der Waals surface area contributed by atoms with Gasteiger partial charge in [0.05, 0.1) is 0 Å². The normalized spacial score (nSPS) is 17.0. The molecule has 5 nitrogen and oxygen atoms in total. The van der Waals surface area contributed by atoms with Crippen molar-refractivity contribution in [1.82, 2.24) is 5.32 Å². The average Bonchev–Trinajstić information content (AvgIpc) is 2.65. The number of ether oxygens (including phenoxy) is 2. The molecule has 0 saturated heterocycles. The number of carbonyl (C=O) groups is 1.